The van der Waals surface area contributed by atoms with Gasteiger partial charge in [-0.25, -0.2) is 0 Å². The lowest BCUT2D eigenvalue weighted by atomic mass is 9.97. The van der Waals surface area contributed by atoms with Gasteiger partial charge in [-0.2, -0.15) is 0 Å². The third-order valence-electron chi connectivity index (χ3n) is 3.27. The summed E-state index contributed by atoms with van der Waals surface area (Å²) in [5.41, 5.74) is 0.266. The van der Waals surface area contributed by atoms with Crippen molar-refractivity contribution in [3.63, 3.8) is 0 Å². The van der Waals surface area contributed by atoms with Gasteiger partial charge >= 0.3 is 0 Å². The molecule has 1 aliphatic rings. The van der Waals surface area contributed by atoms with E-state index in [1.165, 1.54) is 6.42 Å². The second kappa shape index (κ2) is 4.19. The Labute approximate surface area is 88.6 Å². The Kier molecular flexibility index (Phi) is 3.59. The molecule has 0 amide bonds. The maximum absolute atomic E-state index is 5.48. The molecule has 0 spiro atoms. The summed E-state index contributed by atoms with van der Waals surface area (Å²) in [4.78, 5) is 2.59. The molecule has 0 bridgehead atoms. The molecule has 84 valence electrons. The zero-order valence-corrected chi connectivity index (χ0v) is 10.5. The lowest BCUT2D eigenvalue weighted by Gasteiger charge is -2.38. The molecule has 1 aliphatic heterocycles. The largest absolute Gasteiger partial charge is 0.380 e. The van der Waals surface area contributed by atoms with E-state index in [9.17, 15) is 0 Å². The van der Waals surface area contributed by atoms with Crippen molar-refractivity contribution >= 4 is 0 Å². The van der Waals surface area contributed by atoms with Crippen LogP contribution in [0.1, 0.15) is 41.0 Å². The van der Waals surface area contributed by atoms with Gasteiger partial charge in [0, 0.05) is 25.2 Å². The minimum absolute atomic E-state index is 0.266. The first-order valence-electron chi connectivity index (χ1n) is 5.65. The fourth-order valence-corrected chi connectivity index (χ4v) is 2.40. The number of nitrogens with zero attached hydrogens (tertiary/aromatic N) is 1. The second-order valence-corrected chi connectivity index (χ2v) is 5.73. The number of hydrogen-bond donors (Lipinski definition) is 0. The van der Waals surface area contributed by atoms with Crippen LogP contribution in [-0.2, 0) is 4.74 Å². The van der Waals surface area contributed by atoms with E-state index in [0.29, 0.717) is 12.1 Å². The quantitative estimate of drug-likeness (QED) is 0.677. The molecular formula is C12H25NO. The molecule has 2 unspecified atom stereocenters. The molecule has 0 saturated carbocycles. The predicted octanol–water partition coefficient (Wildman–Crippen LogP) is 2.53. The maximum atomic E-state index is 5.48. The predicted molar refractivity (Wildman–Crippen MR) is 60.5 cm³/mol. The van der Waals surface area contributed by atoms with Gasteiger partial charge in [0.15, 0.2) is 0 Å². The highest BCUT2D eigenvalue weighted by Crippen LogP contribution is 2.31. The van der Waals surface area contributed by atoms with E-state index >= 15 is 0 Å². The van der Waals surface area contributed by atoms with Crippen molar-refractivity contribution in [3.8, 4) is 0 Å². The lowest BCUT2D eigenvalue weighted by molar-refractivity contribution is 0.0735. The fourth-order valence-electron chi connectivity index (χ4n) is 2.40. The highest BCUT2D eigenvalue weighted by atomic mass is 16.5. The molecule has 0 aromatic heterocycles. The molecule has 2 atom stereocenters. The topological polar surface area (TPSA) is 12.5 Å². The first-order valence-corrected chi connectivity index (χ1v) is 5.65. The summed E-state index contributed by atoms with van der Waals surface area (Å²) in [6.45, 7) is 12.6. The van der Waals surface area contributed by atoms with Crippen LogP contribution in [-0.4, -0.2) is 36.2 Å². The molecule has 1 fully saturated rings. The Bertz CT molecular complexity index is 183. The average molecular weight is 199 g/mol. The molecule has 1 rings (SSSR count). The Morgan fingerprint density at radius 3 is 2.14 bits per heavy atom. The summed E-state index contributed by atoms with van der Waals surface area (Å²) < 4.78 is 5.48. The number of methoxy groups -OCH3 is 1. The molecule has 2 nitrogen and oxygen atoms in total. The zero-order valence-electron chi connectivity index (χ0n) is 10.5. The van der Waals surface area contributed by atoms with Crippen LogP contribution in [0.5, 0.6) is 0 Å². The van der Waals surface area contributed by atoms with Crippen molar-refractivity contribution in [2.45, 2.75) is 58.7 Å². The lowest BCUT2D eigenvalue weighted by Crippen LogP contribution is -2.46. The summed E-state index contributed by atoms with van der Waals surface area (Å²) in [6, 6.07) is 0.681. The van der Waals surface area contributed by atoms with Gasteiger partial charge in [-0.15, -0.1) is 0 Å². The van der Waals surface area contributed by atoms with Crippen molar-refractivity contribution in [1.82, 2.24) is 4.90 Å². The first-order chi connectivity index (χ1) is 6.36. The summed E-state index contributed by atoms with van der Waals surface area (Å²) in [7, 11) is 1.83. The molecule has 0 radical (unpaired) electrons. The Hall–Kier alpha value is -0.0800. The molecule has 0 N–H and O–H groups in total. The van der Waals surface area contributed by atoms with E-state index < -0.39 is 0 Å². The Morgan fingerprint density at radius 2 is 1.86 bits per heavy atom. The van der Waals surface area contributed by atoms with Gasteiger partial charge < -0.3 is 4.74 Å². The van der Waals surface area contributed by atoms with Gasteiger partial charge in [-0.3, -0.25) is 4.90 Å². The van der Waals surface area contributed by atoms with Crippen molar-refractivity contribution in [2.75, 3.05) is 13.7 Å². The molecular weight excluding hydrogens is 174 g/mol. The van der Waals surface area contributed by atoms with Crippen molar-refractivity contribution in [1.29, 1.82) is 0 Å². The molecule has 0 aliphatic carbocycles. The van der Waals surface area contributed by atoms with Crippen LogP contribution in [0.3, 0.4) is 0 Å². The van der Waals surface area contributed by atoms with E-state index in [4.69, 9.17) is 4.74 Å². The van der Waals surface area contributed by atoms with Gasteiger partial charge in [0.1, 0.15) is 0 Å². The van der Waals surface area contributed by atoms with Crippen LogP contribution >= 0.6 is 0 Å². The Balaban J connectivity index is 2.72. The second-order valence-electron chi connectivity index (χ2n) is 5.73. The van der Waals surface area contributed by atoms with Crippen LogP contribution in [0.25, 0.3) is 0 Å². The van der Waals surface area contributed by atoms with Crippen molar-refractivity contribution in [2.24, 2.45) is 5.92 Å². The monoisotopic (exact) mass is 199 g/mol. The van der Waals surface area contributed by atoms with Gasteiger partial charge in [0.2, 0.25) is 0 Å². The molecule has 0 aromatic carbocycles. The highest BCUT2D eigenvalue weighted by molar-refractivity contribution is 4.93. The number of likely N-dealkylation sites (tertiary alicyclic amines) is 1. The third-order valence-corrected chi connectivity index (χ3v) is 3.27. The average Bonchev–Trinajstić information content (AvgIpc) is 2.46. The number of hydrogen-bond acceptors (Lipinski definition) is 2. The van der Waals surface area contributed by atoms with Crippen LogP contribution in [0.4, 0.5) is 0 Å². The fraction of sp³-hybridized carbons (Fsp3) is 1.00. The third kappa shape index (κ3) is 2.48. The number of ether oxygens (including phenoxy) is 1. The molecule has 2 heteroatoms. The normalized spacial score (nSPS) is 30.2. The minimum Gasteiger partial charge on any atom is -0.380 e. The van der Waals surface area contributed by atoms with Crippen LogP contribution in [0.2, 0.25) is 0 Å². The van der Waals surface area contributed by atoms with E-state index in [0.717, 1.165) is 12.5 Å². The van der Waals surface area contributed by atoms with E-state index in [-0.39, 0.29) is 5.54 Å². The Morgan fingerprint density at radius 1 is 1.29 bits per heavy atom. The first kappa shape index (κ1) is 12.0. The highest BCUT2D eigenvalue weighted by Gasteiger charge is 2.39. The van der Waals surface area contributed by atoms with Gasteiger partial charge in [0.25, 0.3) is 0 Å². The molecule has 14 heavy (non-hydrogen) atoms. The summed E-state index contributed by atoms with van der Waals surface area (Å²) in [5, 5.41) is 0. The van der Waals surface area contributed by atoms with Crippen molar-refractivity contribution < 1.29 is 4.74 Å². The molecule has 1 heterocycles. The molecule has 0 aromatic rings. The summed E-state index contributed by atoms with van der Waals surface area (Å²) in [6.07, 6.45) is 1.62. The summed E-state index contributed by atoms with van der Waals surface area (Å²) in [5.74, 6) is 0.717. The van der Waals surface area contributed by atoms with E-state index in [1.807, 2.05) is 7.11 Å². The van der Waals surface area contributed by atoms with Crippen LogP contribution in [0.15, 0.2) is 0 Å². The number of rotatable bonds is 2. The van der Waals surface area contributed by atoms with Crippen LogP contribution < -0.4 is 0 Å². The van der Waals surface area contributed by atoms with Gasteiger partial charge in [0.05, 0.1) is 6.10 Å². The zero-order chi connectivity index (χ0) is 10.9. The SMILES string of the molecule is COC1CC(C(C)C)N(C(C)(C)C)C1. The van der Waals surface area contributed by atoms with Gasteiger partial charge in [-0.05, 0) is 33.1 Å². The minimum atomic E-state index is 0.266. The standard InChI is InChI=1S/C12H25NO/c1-9(2)11-7-10(14-6)8-13(11)12(3,4)5/h9-11H,7-8H2,1-6H3. The van der Waals surface area contributed by atoms with Crippen LogP contribution in [0, 0.1) is 5.92 Å². The summed E-state index contributed by atoms with van der Waals surface area (Å²) >= 11 is 0. The van der Waals surface area contributed by atoms with E-state index in [1.54, 1.807) is 0 Å². The molecule has 1 saturated heterocycles. The van der Waals surface area contributed by atoms with E-state index in [2.05, 4.69) is 39.5 Å². The smallest absolute Gasteiger partial charge is 0.0713 e. The van der Waals surface area contributed by atoms with Crippen molar-refractivity contribution in [3.05, 3.63) is 0 Å². The maximum Gasteiger partial charge on any atom is 0.0713 e. The van der Waals surface area contributed by atoms with Gasteiger partial charge in [-0.1, -0.05) is 13.8 Å².